The second-order valence-electron chi connectivity index (χ2n) is 4.55. The molecule has 1 atom stereocenters. The van der Waals surface area contributed by atoms with Gasteiger partial charge in [-0.15, -0.1) is 0 Å². The van der Waals surface area contributed by atoms with Crippen molar-refractivity contribution in [3.63, 3.8) is 0 Å². The molecule has 0 aliphatic carbocycles. The highest BCUT2D eigenvalue weighted by Gasteiger charge is 2.24. The molecule has 2 heterocycles. The minimum absolute atomic E-state index is 0.126. The van der Waals surface area contributed by atoms with Gasteiger partial charge in [0.05, 0.1) is 5.56 Å². The fraction of sp³-hybridized carbons (Fsp3) is 0.538. The summed E-state index contributed by atoms with van der Waals surface area (Å²) in [5.41, 5.74) is 1.56. The van der Waals surface area contributed by atoms with Crippen LogP contribution in [-0.4, -0.2) is 34.2 Å². The molecule has 0 radical (unpaired) electrons. The number of alkyl halides is 1. The Kier molecular flexibility index (Phi) is 4.15. The lowest BCUT2D eigenvalue weighted by Gasteiger charge is -2.32. The summed E-state index contributed by atoms with van der Waals surface area (Å²) in [5.74, 6) is 0.714. The summed E-state index contributed by atoms with van der Waals surface area (Å²) in [6, 6.07) is 3.69. The molecule has 1 saturated heterocycles. The molecule has 0 N–H and O–H groups in total. The maximum Gasteiger partial charge on any atom is 0.255 e. The number of likely N-dealkylation sites (tertiary alicyclic amines) is 1. The van der Waals surface area contributed by atoms with E-state index in [1.54, 1.807) is 6.20 Å². The largest absolute Gasteiger partial charge is 0.338 e. The first-order chi connectivity index (χ1) is 8.22. The highest BCUT2D eigenvalue weighted by Crippen LogP contribution is 2.20. The number of piperidine rings is 1. The van der Waals surface area contributed by atoms with E-state index in [0.29, 0.717) is 5.92 Å². The van der Waals surface area contributed by atoms with Gasteiger partial charge in [0.2, 0.25) is 0 Å². The Hall–Kier alpha value is -0.900. The molecule has 0 bridgehead atoms. The number of halogens is 1. The van der Waals surface area contributed by atoms with Gasteiger partial charge in [0.1, 0.15) is 0 Å². The molecule has 1 aliphatic heterocycles. The Labute approximate surface area is 110 Å². The first-order valence-electron chi connectivity index (χ1n) is 5.99. The van der Waals surface area contributed by atoms with Crippen molar-refractivity contribution in [2.24, 2.45) is 5.92 Å². The lowest BCUT2D eigenvalue weighted by atomic mass is 9.99. The van der Waals surface area contributed by atoms with Crippen molar-refractivity contribution in [3.8, 4) is 0 Å². The van der Waals surface area contributed by atoms with Crippen molar-refractivity contribution < 1.29 is 4.79 Å². The van der Waals surface area contributed by atoms with E-state index in [9.17, 15) is 4.79 Å². The molecule has 0 spiro atoms. The van der Waals surface area contributed by atoms with Gasteiger partial charge in [-0.2, -0.15) is 0 Å². The molecule has 92 valence electrons. The van der Waals surface area contributed by atoms with Crippen LogP contribution < -0.4 is 0 Å². The van der Waals surface area contributed by atoms with Crippen LogP contribution in [0.1, 0.15) is 28.9 Å². The SMILES string of the molecule is Cc1ncccc1C(=O)N1CCCC(CBr)C1. The lowest BCUT2D eigenvalue weighted by molar-refractivity contribution is 0.0684. The van der Waals surface area contributed by atoms with Gasteiger partial charge < -0.3 is 4.90 Å². The van der Waals surface area contributed by atoms with E-state index in [2.05, 4.69) is 20.9 Å². The quantitative estimate of drug-likeness (QED) is 0.786. The number of hydrogen-bond acceptors (Lipinski definition) is 2. The molecule has 1 unspecified atom stereocenters. The number of rotatable bonds is 2. The predicted octanol–water partition coefficient (Wildman–Crippen LogP) is 2.64. The molecule has 1 fully saturated rings. The number of nitrogens with zero attached hydrogens (tertiary/aromatic N) is 2. The highest BCUT2D eigenvalue weighted by atomic mass is 79.9. The van der Waals surface area contributed by atoms with E-state index in [-0.39, 0.29) is 5.91 Å². The topological polar surface area (TPSA) is 33.2 Å². The zero-order valence-electron chi connectivity index (χ0n) is 10.0. The van der Waals surface area contributed by atoms with E-state index in [1.165, 1.54) is 6.42 Å². The summed E-state index contributed by atoms with van der Waals surface area (Å²) >= 11 is 3.51. The smallest absolute Gasteiger partial charge is 0.255 e. The summed E-state index contributed by atoms with van der Waals surface area (Å²) in [4.78, 5) is 18.5. The molecule has 2 rings (SSSR count). The molecule has 0 aromatic carbocycles. The van der Waals surface area contributed by atoms with Gasteiger partial charge in [-0.3, -0.25) is 9.78 Å². The molecule has 1 aromatic heterocycles. The molecule has 4 heteroatoms. The maximum atomic E-state index is 12.4. The van der Waals surface area contributed by atoms with E-state index in [4.69, 9.17) is 0 Å². The zero-order chi connectivity index (χ0) is 12.3. The van der Waals surface area contributed by atoms with E-state index >= 15 is 0 Å². The summed E-state index contributed by atoms with van der Waals surface area (Å²) in [6.45, 7) is 3.62. The van der Waals surface area contributed by atoms with Crippen LogP contribution in [0.3, 0.4) is 0 Å². The van der Waals surface area contributed by atoms with Gasteiger partial charge in [-0.05, 0) is 37.8 Å². The number of carbonyl (C=O) groups excluding carboxylic acids is 1. The molecular weight excluding hydrogens is 280 g/mol. The van der Waals surface area contributed by atoms with Gasteiger partial charge in [-0.1, -0.05) is 15.9 Å². The van der Waals surface area contributed by atoms with Crippen molar-refractivity contribution in [2.75, 3.05) is 18.4 Å². The molecule has 17 heavy (non-hydrogen) atoms. The van der Waals surface area contributed by atoms with Crippen LogP contribution in [0.25, 0.3) is 0 Å². The number of hydrogen-bond donors (Lipinski definition) is 0. The molecule has 1 amide bonds. The summed E-state index contributed by atoms with van der Waals surface area (Å²) in [7, 11) is 0. The molecule has 1 aromatic rings. The third-order valence-corrected chi connectivity index (χ3v) is 4.18. The molecular formula is C13H17BrN2O. The highest BCUT2D eigenvalue weighted by molar-refractivity contribution is 9.09. The van der Waals surface area contributed by atoms with E-state index < -0.39 is 0 Å². The number of aromatic nitrogens is 1. The summed E-state index contributed by atoms with van der Waals surface area (Å²) in [6.07, 6.45) is 4.03. The second kappa shape index (κ2) is 5.63. The van der Waals surface area contributed by atoms with Crippen LogP contribution >= 0.6 is 15.9 Å². The number of aryl methyl sites for hydroxylation is 1. The van der Waals surface area contributed by atoms with Crippen molar-refractivity contribution in [2.45, 2.75) is 19.8 Å². The van der Waals surface area contributed by atoms with Crippen molar-refractivity contribution in [1.29, 1.82) is 0 Å². The monoisotopic (exact) mass is 296 g/mol. The van der Waals surface area contributed by atoms with Crippen molar-refractivity contribution in [3.05, 3.63) is 29.6 Å². The summed E-state index contributed by atoms with van der Waals surface area (Å²) < 4.78 is 0. The van der Waals surface area contributed by atoms with Crippen LogP contribution in [0.15, 0.2) is 18.3 Å². The summed E-state index contributed by atoms with van der Waals surface area (Å²) in [5, 5.41) is 0.975. The third kappa shape index (κ3) is 2.86. The Balaban J connectivity index is 2.12. The Bertz CT molecular complexity index is 408. The zero-order valence-corrected chi connectivity index (χ0v) is 11.6. The lowest BCUT2D eigenvalue weighted by Crippen LogP contribution is -2.40. The Morgan fingerprint density at radius 2 is 2.47 bits per heavy atom. The van der Waals surface area contributed by atoms with Gasteiger partial charge >= 0.3 is 0 Å². The molecule has 3 nitrogen and oxygen atoms in total. The number of amides is 1. The van der Waals surface area contributed by atoms with Gasteiger partial charge in [0, 0.05) is 30.3 Å². The minimum Gasteiger partial charge on any atom is -0.338 e. The van der Waals surface area contributed by atoms with Crippen LogP contribution in [0, 0.1) is 12.8 Å². The van der Waals surface area contributed by atoms with Crippen LogP contribution in [0.5, 0.6) is 0 Å². The standard InChI is InChI=1S/C13H17BrN2O/c1-10-12(5-2-6-15-10)13(17)16-7-3-4-11(8-14)9-16/h2,5-6,11H,3-4,7-9H2,1H3. The third-order valence-electron chi connectivity index (χ3n) is 3.26. The van der Waals surface area contributed by atoms with Crippen LogP contribution in [0.2, 0.25) is 0 Å². The van der Waals surface area contributed by atoms with Crippen LogP contribution in [0.4, 0.5) is 0 Å². The van der Waals surface area contributed by atoms with Gasteiger partial charge in [0.15, 0.2) is 0 Å². The Morgan fingerprint density at radius 3 is 3.18 bits per heavy atom. The Morgan fingerprint density at radius 1 is 1.65 bits per heavy atom. The van der Waals surface area contributed by atoms with Crippen molar-refractivity contribution in [1.82, 2.24) is 9.88 Å². The number of pyridine rings is 1. The predicted molar refractivity (Wildman–Crippen MR) is 71.4 cm³/mol. The normalized spacial score (nSPS) is 20.4. The fourth-order valence-corrected chi connectivity index (χ4v) is 2.78. The van der Waals surface area contributed by atoms with Crippen LogP contribution in [-0.2, 0) is 0 Å². The molecule has 1 aliphatic rings. The fourth-order valence-electron chi connectivity index (χ4n) is 2.26. The maximum absolute atomic E-state index is 12.4. The average molecular weight is 297 g/mol. The van der Waals surface area contributed by atoms with Gasteiger partial charge in [0.25, 0.3) is 5.91 Å². The minimum atomic E-state index is 0.126. The average Bonchev–Trinajstić information content (AvgIpc) is 2.38. The second-order valence-corrected chi connectivity index (χ2v) is 5.20. The van der Waals surface area contributed by atoms with E-state index in [1.807, 2.05) is 24.0 Å². The first kappa shape index (κ1) is 12.6. The van der Waals surface area contributed by atoms with Gasteiger partial charge in [-0.25, -0.2) is 0 Å². The van der Waals surface area contributed by atoms with Crippen molar-refractivity contribution >= 4 is 21.8 Å². The first-order valence-corrected chi connectivity index (χ1v) is 7.11. The number of carbonyl (C=O) groups is 1. The van der Waals surface area contributed by atoms with E-state index in [0.717, 1.165) is 36.1 Å². The molecule has 0 saturated carbocycles.